The molecule has 2 bridgehead atoms. The Morgan fingerprint density at radius 1 is 1.04 bits per heavy atom. The smallest absolute Gasteiger partial charge is 0.250 e. The van der Waals surface area contributed by atoms with Gasteiger partial charge in [0.2, 0.25) is 0 Å². The number of nitrogens with zero attached hydrogens (tertiary/aromatic N) is 2. The van der Waals surface area contributed by atoms with Crippen LogP contribution in [0.15, 0.2) is 41.2 Å². The van der Waals surface area contributed by atoms with Crippen LogP contribution in [0, 0.1) is 5.92 Å². The third-order valence-corrected chi connectivity index (χ3v) is 5.41. The summed E-state index contributed by atoms with van der Waals surface area (Å²) in [6.07, 6.45) is 1.19. The van der Waals surface area contributed by atoms with Gasteiger partial charge in [0.15, 0.2) is 11.5 Å². The largest absolute Gasteiger partial charge is 0.493 e. The van der Waals surface area contributed by atoms with E-state index in [0.717, 1.165) is 37.7 Å². The zero-order chi connectivity index (χ0) is 17.4. The molecule has 0 radical (unpaired) electrons. The number of likely N-dealkylation sites (tertiary alicyclic amines) is 1. The van der Waals surface area contributed by atoms with E-state index in [1.165, 1.54) is 17.7 Å². The SMILES string of the molecule is COc1ccc(CN2C[C@@H]3C[C@H](C2)c2cccc(=O)n2C3)cc1OC. The normalized spacial score (nSPS) is 22.3. The van der Waals surface area contributed by atoms with Crippen molar-refractivity contribution in [3.63, 3.8) is 0 Å². The second-order valence-corrected chi connectivity index (χ2v) is 7.08. The quantitative estimate of drug-likeness (QED) is 0.858. The molecule has 0 spiro atoms. The minimum atomic E-state index is 0.139. The monoisotopic (exact) mass is 340 g/mol. The molecule has 2 aromatic rings. The van der Waals surface area contributed by atoms with Crippen LogP contribution in [-0.4, -0.2) is 36.8 Å². The number of piperidine rings is 1. The van der Waals surface area contributed by atoms with Crippen LogP contribution >= 0.6 is 0 Å². The molecule has 0 N–H and O–H groups in total. The summed E-state index contributed by atoms with van der Waals surface area (Å²) < 4.78 is 12.7. The first kappa shape index (κ1) is 16.2. The van der Waals surface area contributed by atoms with E-state index in [2.05, 4.69) is 23.1 Å². The van der Waals surface area contributed by atoms with Gasteiger partial charge in [-0.25, -0.2) is 0 Å². The van der Waals surface area contributed by atoms with Gasteiger partial charge in [-0.05, 0) is 36.1 Å². The molecule has 0 saturated carbocycles. The molecule has 1 aromatic heterocycles. The molecule has 3 heterocycles. The summed E-state index contributed by atoms with van der Waals surface area (Å²) >= 11 is 0. The minimum absolute atomic E-state index is 0.139. The van der Waals surface area contributed by atoms with E-state index >= 15 is 0 Å². The van der Waals surface area contributed by atoms with Crippen molar-refractivity contribution in [3.8, 4) is 11.5 Å². The highest BCUT2D eigenvalue weighted by atomic mass is 16.5. The Hall–Kier alpha value is -2.27. The van der Waals surface area contributed by atoms with Crippen molar-refractivity contribution < 1.29 is 9.47 Å². The van der Waals surface area contributed by atoms with Gasteiger partial charge in [-0.15, -0.1) is 0 Å². The van der Waals surface area contributed by atoms with Crippen molar-refractivity contribution in [3.05, 3.63) is 58.0 Å². The molecule has 4 rings (SSSR count). The average molecular weight is 340 g/mol. The van der Waals surface area contributed by atoms with Gasteiger partial charge < -0.3 is 14.0 Å². The first-order valence-electron chi connectivity index (χ1n) is 8.81. The number of benzene rings is 1. The van der Waals surface area contributed by atoms with Crippen molar-refractivity contribution in [1.82, 2.24) is 9.47 Å². The maximum absolute atomic E-state index is 12.1. The van der Waals surface area contributed by atoms with E-state index < -0.39 is 0 Å². The number of ether oxygens (including phenoxy) is 2. The van der Waals surface area contributed by atoms with Gasteiger partial charge in [0.05, 0.1) is 14.2 Å². The number of pyridine rings is 1. The molecule has 1 fully saturated rings. The van der Waals surface area contributed by atoms with Crippen molar-refractivity contribution in [2.24, 2.45) is 5.92 Å². The topological polar surface area (TPSA) is 43.7 Å². The summed E-state index contributed by atoms with van der Waals surface area (Å²) in [5.41, 5.74) is 2.56. The lowest BCUT2D eigenvalue weighted by Gasteiger charge is -2.42. The minimum Gasteiger partial charge on any atom is -0.493 e. The number of fused-ring (bicyclic) bond motifs is 4. The highest BCUT2D eigenvalue weighted by Gasteiger charge is 2.34. The van der Waals surface area contributed by atoms with Crippen molar-refractivity contribution in [1.29, 1.82) is 0 Å². The summed E-state index contributed by atoms with van der Waals surface area (Å²) in [4.78, 5) is 14.6. The summed E-state index contributed by atoms with van der Waals surface area (Å²) in [6, 6.07) is 11.8. The molecule has 5 heteroatoms. The standard InChI is InChI=1S/C20H24N2O3/c1-24-18-7-6-14(9-19(18)25-2)10-21-11-15-8-16(13-21)17-4-3-5-20(23)22(17)12-15/h3-7,9,15-16H,8,10-13H2,1-2H3/t15-,16+/m0/s1. The number of aromatic nitrogens is 1. The lowest BCUT2D eigenvalue weighted by molar-refractivity contribution is 0.114. The summed E-state index contributed by atoms with van der Waals surface area (Å²) in [5.74, 6) is 2.53. The zero-order valence-electron chi connectivity index (χ0n) is 14.8. The molecule has 5 nitrogen and oxygen atoms in total. The molecule has 0 aliphatic carbocycles. The van der Waals surface area contributed by atoms with Crippen molar-refractivity contribution >= 4 is 0 Å². The van der Waals surface area contributed by atoms with E-state index in [1.54, 1.807) is 20.3 Å². The maximum atomic E-state index is 12.1. The van der Waals surface area contributed by atoms with Crippen LogP contribution in [0.5, 0.6) is 11.5 Å². The Morgan fingerprint density at radius 2 is 1.88 bits per heavy atom. The lowest BCUT2D eigenvalue weighted by Crippen LogP contribution is -2.46. The molecule has 0 unspecified atom stereocenters. The molecule has 1 saturated heterocycles. The first-order chi connectivity index (χ1) is 12.2. The van der Waals surface area contributed by atoms with E-state index in [9.17, 15) is 4.79 Å². The predicted molar refractivity (Wildman–Crippen MR) is 96.4 cm³/mol. The second kappa shape index (κ2) is 6.56. The third kappa shape index (κ3) is 3.04. The molecule has 132 valence electrons. The Bertz CT molecular complexity index is 830. The predicted octanol–water partition coefficient (Wildman–Crippen LogP) is 2.48. The Balaban J connectivity index is 1.54. The molecular formula is C20H24N2O3. The van der Waals surface area contributed by atoms with Crippen LogP contribution in [0.1, 0.15) is 23.6 Å². The summed E-state index contributed by atoms with van der Waals surface area (Å²) in [6.45, 7) is 3.76. The van der Waals surface area contributed by atoms with Gasteiger partial charge in [0, 0.05) is 43.9 Å². The molecule has 2 atom stereocenters. The van der Waals surface area contributed by atoms with Crippen LogP contribution in [0.25, 0.3) is 0 Å². The van der Waals surface area contributed by atoms with Crippen molar-refractivity contribution in [2.75, 3.05) is 27.3 Å². The van der Waals surface area contributed by atoms with Gasteiger partial charge in [-0.3, -0.25) is 9.69 Å². The molecule has 2 aliphatic rings. The fourth-order valence-corrected chi connectivity index (χ4v) is 4.36. The number of rotatable bonds is 4. The van der Waals surface area contributed by atoms with Gasteiger partial charge in [0.1, 0.15) is 0 Å². The molecule has 2 aliphatic heterocycles. The second-order valence-electron chi connectivity index (χ2n) is 7.08. The fourth-order valence-electron chi connectivity index (χ4n) is 4.36. The molecule has 25 heavy (non-hydrogen) atoms. The van der Waals surface area contributed by atoms with Crippen LogP contribution in [-0.2, 0) is 13.1 Å². The Kier molecular flexibility index (Phi) is 4.25. The molecular weight excluding hydrogens is 316 g/mol. The average Bonchev–Trinajstić information content (AvgIpc) is 2.62. The Morgan fingerprint density at radius 3 is 2.68 bits per heavy atom. The van der Waals surface area contributed by atoms with Gasteiger partial charge in [0.25, 0.3) is 5.56 Å². The van der Waals surface area contributed by atoms with E-state index in [4.69, 9.17) is 9.47 Å². The van der Waals surface area contributed by atoms with Crippen LogP contribution < -0.4 is 15.0 Å². The zero-order valence-corrected chi connectivity index (χ0v) is 14.8. The first-order valence-corrected chi connectivity index (χ1v) is 8.81. The highest BCUT2D eigenvalue weighted by molar-refractivity contribution is 5.42. The number of hydrogen-bond acceptors (Lipinski definition) is 4. The summed E-state index contributed by atoms with van der Waals surface area (Å²) in [5, 5.41) is 0. The van der Waals surface area contributed by atoms with E-state index in [1.807, 2.05) is 16.7 Å². The molecule has 0 amide bonds. The summed E-state index contributed by atoms with van der Waals surface area (Å²) in [7, 11) is 3.32. The van der Waals surface area contributed by atoms with Crippen LogP contribution in [0.3, 0.4) is 0 Å². The van der Waals surface area contributed by atoms with Crippen LogP contribution in [0.4, 0.5) is 0 Å². The van der Waals surface area contributed by atoms with Gasteiger partial charge in [-0.1, -0.05) is 12.1 Å². The van der Waals surface area contributed by atoms with E-state index in [-0.39, 0.29) is 5.56 Å². The third-order valence-electron chi connectivity index (χ3n) is 5.41. The van der Waals surface area contributed by atoms with Crippen LogP contribution in [0.2, 0.25) is 0 Å². The number of hydrogen-bond donors (Lipinski definition) is 0. The highest BCUT2D eigenvalue weighted by Crippen LogP contribution is 2.36. The van der Waals surface area contributed by atoms with Gasteiger partial charge in [-0.2, -0.15) is 0 Å². The maximum Gasteiger partial charge on any atom is 0.250 e. The van der Waals surface area contributed by atoms with Gasteiger partial charge >= 0.3 is 0 Å². The fraction of sp³-hybridized carbons (Fsp3) is 0.450. The Labute approximate surface area is 147 Å². The van der Waals surface area contributed by atoms with Crippen molar-refractivity contribution in [2.45, 2.75) is 25.4 Å². The number of methoxy groups -OCH3 is 2. The lowest BCUT2D eigenvalue weighted by atomic mass is 9.83. The van der Waals surface area contributed by atoms with E-state index in [0.29, 0.717) is 11.8 Å². The molecule has 1 aromatic carbocycles.